The average molecular weight is 258 g/mol. The van der Waals surface area contributed by atoms with Crippen LogP contribution < -0.4 is 10.1 Å². The number of nitrogens with zero attached hydrogens (tertiary/aromatic N) is 1. The van der Waals surface area contributed by atoms with Crippen molar-refractivity contribution in [3.8, 4) is 5.75 Å². The molecule has 0 amide bonds. The first-order chi connectivity index (χ1) is 9.33. The zero-order chi connectivity index (χ0) is 13.1. The van der Waals surface area contributed by atoms with E-state index in [4.69, 9.17) is 9.15 Å². The van der Waals surface area contributed by atoms with Crippen LogP contribution in [0.15, 0.2) is 34.9 Å². The van der Waals surface area contributed by atoms with Gasteiger partial charge in [-0.2, -0.15) is 0 Å². The lowest BCUT2D eigenvalue weighted by Gasteiger charge is -2.25. The monoisotopic (exact) mass is 258 g/mol. The molecule has 0 saturated heterocycles. The predicted octanol–water partition coefficient (Wildman–Crippen LogP) is 2.64. The standard InChI is InChI=1S/C15H18N2O2/c1-11-8-17-15(19-11)10-16-9-12-6-7-18-14-5-3-2-4-13(12)14/h2-5,8,12,16H,6-7,9-10H2,1H3. The van der Waals surface area contributed by atoms with Gasteiger partial charge in [0, 0.05) is 12.5 Å². The number of hydrogen-bond donors (Lipinski definition) is 1. The van der Waals surface area contributed by atoms with Crippen LogP contribution in [0.4, 0.5) is 0 Å². The summed E-state index contributed by atoms with van der Waals surface area (Å²) in [6, 6.07) is 8.28. The molecule has 0 fully saturated rings. The highest BCUT2D eigenvalue weighted by atomic mass is 16.5. The van der Waals surface area contributed by atoms with Crippen LogP contribution in [0.3, 0.4) is 0 Å². The van der Waals surface area contributed by atoms with E-state index in [0.717, 1.165) is 37.0 Å². The molecule has 1 aliphatic rings. The Labute approximate surface area is 112 Å². The number of benzene rings is 1. The van der Waals surface area contributed by atoms with Gasteiger partial charge in [-0.1, -0.05) is 18.2 Å². The van der Waals surface area contributed by atoms with Crippen molar-refractivity contribution in [1.82, 2.24) is 10.3 Å². The van der Waals surface area contributed by atoms with Gasteiger partial charge in [0.25, 0.3) is 0 Å². The number of nitrogens with one attached hydrogen (secondary N) is 1. The fourth-order valence-corrected chi connectivity index (χ4v) is 2.46. The summed E-state index contributed by atoms with van der Waals surface area (Å²) < 4.78 is 11.1. The molecule has 0 radical (unpaired) electrons. The Morgan fingerprint density at radius 1 is 1.37 bits per heavy atom. The van der Waals surface area contributed by atoms with Gasteiger partial charge >= 0.3 is 0 Å². The molecule has 2 aromatic rings. The topological polar surface area (TPSA) is 47.3 Å². The Hall–Kier alpha value is -1.81. The maximum atomic E-state index is 5.66. The molecule has 3 rings (SSSR count). The number of hydrogen-bond acceptors (Lipinski definition) is 4. The van der Waals surface area contributed by atoms with Gasteiger partial charge in [0.2, 0.25) is 5.89 Å². The van der Waals surface area contributed by atoms with Crippen LogP contribution in [0.25, 0.3) is 0 Å². The molecule has 2 heterocycles. The first-order valence-corrected chi connectivity index (χ1v) is 6.66. The molecule has 0 spiro atoms. The maximum Gasteiger partial charge on any atom is 0.208 e. The normalized spacial score (nSPS) is 17.8. The third kappa shape index (κ3) is 2.79. The summed E-state index contributed by atoms with van der Waals surface area (Å²) in [5.41, 5.74) is 1.30. The predicted molar refractivity (Wildman–Crippen MR) is 72.2 cm³/mol. The molecule has 1 atom stereocenters. The highest BCUT2D eigenvalue weighted by Gasteiger charge is 2.20. The number of para-hydroxylation sites is 1. The number of aromatic nitrogens is 1. The molecule has 1 aliphatic heterocycles. The minimum atomic E-state index is 0.501. The molecule has 0 bridgehead atoms. The van der Waals surface area contributed by atoms with Crippen LogP contribution in [-0.4, -0.2) is 18.1 Å². The fourth-order valence-electron chi connectivity index (χ4n) is 2.46. The molecule has 0 saturated carbocycles. The molecular formula is C15H18N2O2. The van der Waals surface area contributed by atoms with E-state index in [0.29, 0.717) is 12.5 Å². The first kappa shape index (κ1) is 12.2. The van der Waals surface area contributed by atoms with Crippen molar-refractivity contribution in [2.24, 2.45) is 0 Å². The fraction of sp³-hybridized carbons (Fsp3) is 0.400. The van der Waals surface area contributed by atoms with E-state index in [1.807, 2.05) is 19.1 Å². The lowest BCUT2D eigenvalue weighted by molar-refractivity contribution is 0.263. The summed E-state index contributed by atoms with van der Waals surface area (Å²) in [4.78, 5) is 4.19. The number of oxazole rings is 1. The van der Waals surface area contributed by atoms with Crippen LogP contribution >= 0.6 is 0 Å². The van der Waals surface area contributed by atoms with Crippen molar-refractivity contribution in [3.05, 3.63) is 47.7 Å². The van der Waals surface area contributed by atoms with Crippen molar-refractivity contribution in [1.29, 1.82) is 0 Å². The van der Waals surface area contributed by atoms with E-state index in [-0.39, 0.29) is 0 Å². The second-order valence-electron chi connectivity index (χ2n) is 4.87. The van der Waals surface area contributed by atoms with E-state index < -0.39 is 0 Å². The number of aryl methyl sites for hydroxylation is 1. The SMILES string of the molecule is Cc1cnc(CNCC2CCOc3ccccc32)o1. The molecule has 0 aliphatic carbocycles. The zero-order valence-corrected chi connectivity index (χ0v) is 11.1. The molecule has 4 nitrogen and oxygen atoms in total. The third-order valence-corrected chi connectivity index (χ3v) is 3.42. The van der Waals surface area contributed by atoms with Crippen molar-refractivity contribution < 1.29 is 9.15 Å². The summed E-state index contributed by atoms with van der Waals surface area (Å²) in [7, 11) is 0. The molecular weight excluding hydrogens is 240 g/mol. The molecule has 19 heavy (non-hydrogen) atoms. The molecule has 4 heteroatoms. The number of rotatable bonds is 4. The highest BCUT2D eigenvalue weighted by Crippen LogP contribution is 2.32. The second-order valence-corrected chi connectivity index (χ2v) is 4.87. The Kier molecular flexibility index (Phi) is 3.51. The third-order valence-electron chi connectivity index (χ3n) is 3.42. The van der Waals surface area contributed by atoms with Crippen LogP contribution in [0, 0.1) is 6.92 Å². The summed E-state index contributed by atoms with van der Waals surface area (Å²) in [6.45, 7) is 4.29. The van der Waals surface area contributed by atoms with E-state index in [2.05, 4.69) is 22.4 Å². The van der Waals surface area contributed by atoms with Crippen molar-refractivity contribution >= 4 is 0 Å². The molecule has 1 aromatic carbocycles. The van der Waals surface area contributed by atoms with E-state index >= 15 is 0 Å². The Balaban J connectivity index is 1.59. The van der Waals surface area contributed by atoms with E-state index in [1.165, 1.54) is 5.56 Å². The molecule has 100 valence electrons. The lowest BCUT2D eigenvalue weighted by atomic mass is 9.93. The van der Waals surface area contributed by atoms with Crippen molar-refractivity contribution in [3.63, 3.8) is 0 Å². The quantitative estimate of drug-likeness (QED) is 0.915. The van der Waals surface area contributed by atoms with Gasteiger partial charge in [0.05, 0.1) is 19.3 Å². The van der Waals surface area contributed by atoms with E-state index in [9.17, 15) is 0 Å². The summed E-state index contributed by atoms with van der Waals surface area (Å²) in [5, 5.41) is 3.41. The summed E-state index contributed by atoms with van der Waals surface area (Å²) >= 11 is 0. The Morgan fingerprint density at radius 3 is 3.11 bits per heavy atom. The van der Waals surface area contributed by atoms with Gasteiger partial charge < -0.3 is 14.5 Å². The molecule has 1 unspecified atom stereocenters. The highest BCUT2D eigenvalue weighted by molar-refractivity contribution is 5.37. The minimum Gasteiger partial charge on any atom is -0.493 e. The van der Waals surface area contributed by atoms with Crippen LogP contribution in [0.5, 0.6) is 5.75 Å². The zero-order valence-electron chi connectivity index (χ0n) is 11.1. The van der Waals surface area contributed by atoms with Crippen molar-refractivity contribution in [2.75, 3.05) is 13.2 Å². The van der Waals surface area contributed by atoms with Gasteiger partial charge in [-0.15, -0.1) is 0 Å². The van der Waals surface area contributed by atoms with Gasteiger partial charge in [-0.25, -0.2) is 4.98 Å². The number of ether oxygens (including phenoxy) is 1. The van der Waals surface area contributed by atoms with Crippen LogP contribution in [-0.2, 0) is 6.54 Å². The lowest BCUT2D eigenvalue weighted by Crippen LogP contribution is -2.25. The minimum absolute atomic E-state index is 0.501. The van der Waals surface area contributed by atoms with Crippen molar-refractivity contribution in [2.45, 2.75) is 25.8 Å². The molecule has 1 aromatic heterocycles. The van der Waals surface area contributed by atoms with Gasteiger partial charge in [-0.05, 0) is 25.0 Å². The smallest absolute Gasteiger partial charge is 0.208 e. The Morgan fingerprint density at radius 2 is 2.26 bits per heavy atom. The van der Waals surface area contributed by atoms with Gasteiger partial charge in [0.15, 0.2) is 0 Å². The van der Waals surface area contributed by atoms with Gasteiger partial charge in [0.1, 0.15) is 11.5 Å². The summed E-state index contributed by atoms with van der Waals surface area (Å²) in [5.74, 6) is 3.12. The Bertz CT molecular complexity index is 551. The van der Waals surface area contributed by atoms with Crippen LogP contribution in [0.2, 0.25) is 0 Å². The average Bonchev–Trinajstić information content (AvgIpc) is 2.85. The van der Waals surface area contributed by atoms with Crippen LogP contribution in [0.1, 0.15) is 29.6 Å². The maximum absolute atomic E-state index is 5.66. The van der Waals surface area contributed by atoms with E-state index in [1.54, 1.807) is 6.20 Å². The second kappa shape index (κ2) is 5.45. The molecule has 1 N–H and O–H groups in total. The number of fused-ring (bicyclic) bond motifs is 1. The van der Waals surface area contributed by atoms with Gasteiger partial charge in [-0.3, -0.25) is 0 Å². The largest absolute Gasteiger partial charge is 0.493 e. The summed E-state index contributed by atoms with van der Waals surface area (Å²) in [6.07, 6.45) is 2.80. The first-order valence-electron chi connectivity index (χ1n) is 6.66.